The van der Waals surface area contributed by atoms with E-state index in [1.54, 1.807) is 24.3 Å². The molecule has 1 rings (SSSR count). The van der Waals surface area contributed by atoms with Crippen molar-refractivity contribution in [2.24, 2.45) is 0 Å². The highest BCUT2D eigenvalue weighted by molar-refractivity contribution is 5.90. The molecule has 1 aromatic carbocycles. The van der Waals surface area contributed by atoms with Crippen molar-refractivity contribution in [1.29, 1.82) is 0 Å². The van der Waals surface area contributed by atoms with Gasteiger partial charge in [-0.1, -0.05) is 6.07 Å². The molecule has 88 valence electrons. The van der Waals surface area contributed by atoms with E-state index in [1.165, 1.54) is 0 Å². The fourth-order valence-electron chi connectivity index (χ4n) is 1.29. The number of benzene rings is 1. The first-order valence-corrected chi connectivity index (χ1v) is 5.27. The number of carbonyl (C=O) groups excluding carboxylic acids is 1. The zero-order chi connectivity index (χ0) is 12.0. The first-order chi connectivity index (χ1) is 7.59. The molecule has 0 unspecified atom stereocenters. The molecule has 0 aliphatic heterocycles. The van der Waals surface area contributed by atoms with Crippen molar-refractivity contribution >= 4 is 11.7 Å². The number of hydrogen-bond acceptors (Lipinski definition) is 4. The molecule has 0 atom stereocenters. The second-order valence-corrected chi connectivity index (χ2v) is 3.92. The third-order valence-electron chi connectivity index (χ3n) is 2.11. The van der Waals surface area contributed by atoms with Crippen molar-refractivity contribution < 1.29 is 9.53 Å². The average molecular weight is 222 g/mol. The second kappa shape index (κ2) is 6.12. The molecular formula is C12H18N2O2. The Bertz CT molecular complexity index is 351. The summed E-state index contributed by atoms with van der Waals surface area (Å²) in [4.78, 5) is 13.6. The van der Waals surface area contributed by atoms with Gasteiger partial charge >= 0.3 is 5.97 Å². The summed E-state index contributed by atoms with van der Waals surface area (Å²) in [6.07, 6.45) is 0.834. The molecule has 4 heteroatoms. The van der Waals surface area contributed by atoms with E-state index in [2.05, 4.69) is 0 Å². The molecule has 2 N–H and O–H groups in total. The third kappa shape index (κ3) is 4.31. The van der Waals surface area contributed by atoms with E-state index in [-0.39, 0.29) is 5.97 Å². The number of carbonyl (C=O) groups is 1. The highest BCUT2D eigenvalue weighted by Gasteiger charge is 2.06. The Balaban J connectivity index is 2.35. The van der Waals surface area contributed by atoms with Gasteiger partial charge in [-0.05, 0) is 38.7 Å². The van der Waals surface area contributed by atoms with Gasteiger partial charge in [0.2, 0.25) is 0 Å². The van der Waals surface area contributed by atoms with Crippen molar-refractivity contribution in [1.82, 2.24) is 4.90 Å². The normalized spacial score (nSPS) is 10.4. The monoisotopic (exact) mass is 222 g/mol. The minimum Gasteiger partial charge on any atom is -0.462 e. The lowest BCUT2D eigenvalue weighted by Gasteiger charge is -2.09. The molecule has 0 spiro atoms. The van der Waals surface area contributed by atoms with E-state index in [0.29, 0.717) is 17.9 Å². The van der Waals surface area contributed by atoms with Crippen molar-refractivity contribution in [3.8, 4) is 0 Å². The molecule has 4 nitrogen and oxygen atoms in total. The minimum atomic E-state index is -0.314. The summed E-state index contributed by atoms with van der Waals surface area (Å²) in [6.45, 7) is 1.34. The molecule has 0 saturated heterocycles. The SMILES string of the molecule is CN(C)CCCOC(=O)c1cccc(N)c1. The van der Waals surface area contributed by atoms with Gasteiger partial charge < -0.3 is 15.4 Å². The molecule has 0 amide bonds. The number of nitrogens with zero attached hydrogens (tertiary/aromatic N) is 1. The Hall–Kier alpha value is -1.55. The maximum atomic E-state index is 11.6. The smallest absolute Gasteiger partial charge is 0.338 e. The van der Waals surface area contributed by atoms with Crippen molar-refractivity contribution in [3.05, 3.63) is 29.8 Å². The van der Waals surface area contributed by atoms with E-state index in [4.69, 9.17) is 10.5 Å². The molecule has 0 aromatic heterocycles. The van der Waals surface area contributed by atoms with Crippen molar-refractivity contribution in [2.75, 3.05) is 33.0 Å². The molecule has 0 bridgehead atoms. The third-order valence-corrected chi connectivity index (χ3v) is 2.11. The van der Waals surface area contributed by atoms with Gasteiger partial charge in [0, 0.05) is 12.2 Å². The van der Waals surface area contributed by atoms with Crippen molar-refractivity contribution in [3.63, 3.8) is 0 Å². The Labute approximate surface area is 96.0 Å². The van der Waals surface area contributed by atoms with E-state index < -0.39 is 0 Å². The van der Waals surface area contributed by atoms with E-state index in [9.17, 15) is 4.79 Å². The largest absolute Gasteiger partial charge is 0.462 e. The van der Waals surface area contributed by atoms with Crippen LogP contribution in [0.4, 0.5) is 5.69 Å². The van der Waals surface area contributed by atoms with Crippen molar-refractivity contribution in [2.45, 2.75) is 6.42 Å². The number of anilines is 1. The zero-order valence-corrected chi connectivity index (χ0v) is 9.77. The molecule has 0 heterocycles. The number of esters is 1. The van der Waals surface area contributed by atoms with E-state index >= 15 is 0 Å². The topological polar surface area (TPSA) is 55.6 Å². The van der Waals surface area contributed by atoms with Crippen LogP contribution in [0, 0.1) is 0 Å². The molecule has 0 aliphatic rings. The molecule has 1 aromatic rings. The Morgan fingerprint density at radius 1 is 1.44 bits per heavy atom. The summed E-state index contributed by atoms with van der Waals surface area (Å²) in [7, 11) is 3.97. The van der Waals surface area contributed by atoms with Crippen LogP contribution in [0.15, 0.2) is 24.3 Å². The van der Waals surface area contributed by atoms with Gasteiger partial charge in [-0.25, -0.2) is 4.79 Å². The molecule has 0 fully saturated rings. The molecule has 16 heavy (non-hydrogen) atoms. The van der Waals surface area contributed by atoms with Crippen LogP contribution >= 0.6 is 0 Å². The lowest BCUT2D eigenvalue weighted by atomic mass is 10.2. The van der Waals surface area contributed by atoms with Crippen LogP contribution < -0.4 is 5.73 Å². The van der Waals surface area contributed by atoms with E-state index in [0.717, 1.165) is 13.0 Å². The van der Waals surface area contributed by atoms with Gasteiger partial charge in [0.1, 0.15) is 0 Å². The lowest BCUT2D eigenvalue weighted by molar-refractivity contribution is 0.0493. The maximum Gasteiger partial charge on any atom is 0.338 e. The van der Waals surface area contributed by atoms with Crippen LogP contribution in [-0.4, -0.2) is 38.1 Å². The van der Waals surface area contributed by atoms with E-state index in [1.807, 2.05) is 19.0 Å². The first-order valence-electron chi connectivity index (χ1n) is 5.27. The van der Waals surface area contributed by atoms with Gasteiger partial charge in [-0.2, -0.15) is 0 Å². The van der Waals surface area contributed by atoms with Crippen LogP contribution in [0.3, 0.4) is 0 Å². The average Bonchev–Trinajstić information content (AvgIpc) is 2.24. The second-order valence-electron chi connectivity index (χ2n) is 3.92. The Morgan fingerprint density at radius 2 is 2.19 bits per heavy atom. The summed E-state index contributed by atoms with van der Waals surface area (Å²) >= 11 is 0. The van der Waals surface area contributed by atoms with Gasteiger partial charge in [0.15, 0.2) is 0 Å². The van der Waals surface area contributed by atoms with Gasteiger partial charge in [0.25, 0.3) is 0 Å². The van der Waals surface area contributed by atoms with Crippen LogP contribution in [0.25, 0.3) is 0 Å². The predicted octanol–water partition coefficient (Wildman–Crippen LogP) is 1.38. The quantitative estimate of drug-likeness (QED) is 0.464. The summed E-state index contributed by atoms with van der Waals surface area (Å²) in [5.41, 5.74) is 6.65. The maximum absolute atomic E-state index is 11.6. The van der Waals surface area contributed by atoms with Crippen LogP contribution in [0.2, 0.25) is 0 Å². The summed E-state index contributed by atoms with van der Waals surface area (Å²) in [5, 5.41) is 0. The number of rotatable bonds is 5. The Morgan fingerprint density at radius 3 is 2.81 bits per heavy atom. The van der Waals surface area contributed by atoms with Crippen LogP contribution in [-0.2, 0) is 4.74 Å². The Kier molecular flexibility index (Phi) is 4.79. The standard InChI is InChI=1S/C12H18N2O2/c1-14(2)7-4-8-16-12(15)10-5-3-6-11(13)9-10/h3,5-6,9H,4,7-8,13H2,1-2H3. The highest BCUT2D eigenvalue weighted by Crippen LogP contribution is 2.07. The number of ether oxygens (including phenoxy) is 1. The van der Waals surface area contributed by atoms with Gasteiger partial charge in [-0.15, -0.1) is 0 Å². The molecule has 0 aliphatic carbocycles. The summed E-state index contributed by atoms with van der Waals surface area (Å²) in [5.74, 6) is -0.314. The van der Waals surface area contributed by atoms with Gasteiger partial charge in [-0.3, -0.25) is 0 Å². The van der Waals surface area contributed by atoms with Crippen LogP contribution in [0.1, 0.15) is 16.8 Å². The fraction of sp³-hybridized carbons (Fsp3) is 0.417. The number of hydrogen-bond donors (Lipinski definition) is 1. The lowest BCUT2D eigenvalue weighted by Crippen LogP contribution is -2.16. The minimum absolute atomic E-state index is 0.314. The predicted molar refractivity (Wildman–Crippen MR) is 64.3 cm³/mol. The number of nitrogens with two attached hydrogens (primary N) is 1. The first kappa shape index (κ1) is 12.5. The number of nitrogen functional groups attached to an aromatic ring is 1. The van der Waals surface area contributed by atoms with Crippen LogP contribution in [0.5, 0.6) is 0 Å². The highest BCUT2D eigenvalue weighted by atomic mass is 16.5. The molecule has 0 radical (unpaired) electrons. The summed E-state index contributed by atoms with van der Waals surface area (Å²) in [6, 6.07) is 6.80. The van der Waals surface area contributed by atoms with Gasteiger partial charge in [0.05, 0.1) is 12.2 Å². The zero-order valence-electron chi connectivity index (χ0n) is 9.77. The molecule has 0 saturated carbocycles. The summed E-state index contributed by atoms with van der Waals surface area (Å²) < 4.78 is 5.11. The molecular weight excluding hydrogens is 204 g/mol. The fourth-order valence-corrected chi connectivity index (χ4v) is 1.29.